The van der Waals surface area contributed by atoms with Crippen LogP contribution in [0, 0.1) is 6.92 Å². The van der Waals surface area contributed by atoms with E-state index in [1.165, 1.54) is 5.56 Å². The van der Waals surface area contributed by atoms with E-state index in [0.29, 0.717) is 23.9 Å². The topological polar surface area (TPSA) is 66.9 Å². The summed E-state index contributed by atoms with van der Waals surface area (Å²) in [7, 11) is 0. The smallest absolute Gasteiger partial charge is 0.270 e. The van der Waals surface area contributed by atoms with Crippen LogP contribution in [0.15, 0.2) is 60.7 Å². The van der Waals surface area contributed by atoms with Crippen molar-refractivity contribution in [2.45, 2.75) is 33.4 Å². The van der Waals surface area contributed by atoms with Gasteiger partial charge in [0.15, 0.2) is 5.82 Å². The maximum Gasteiger partial charge on any atom is 0.270 e. The molecule has 1 heterocycles. The first-order chi connectivity index (χ1) is 13.0. The van der Waals surface area contributed by atoms with Gasteiger partial charge in [0.05, 0.1) is 0 Å². The van der Waals surface area contributed by atoms with Gasteiger partial charge in [-0.1, -0.05) is 60.2 Å². The van der Waals surface area contributed by atoms with Gasteiger partial charge < -0.3 is 10.6 Å². The molecule has 0 unspecified atom stereocenters. The Morgan fingerprint density at radius 1 is 1.00 bits per heavy atom. The molecule has 5 nitrogen and oxygen atoms in total. The Morgan fingerprint density at radius 3 is 2.48 bits per heavy atom. The van der Waals surface area contributed by atoms with Crippen LogP contribution in [0.5, 0.6) is 0 Å². The number of hydrogen-bond donors (Lipinski definition) is 2. The van der Waals surface area contributed by atoms with Gasteiger partial charge in [0.25, 0.3) is 5.91 Å². The van der Waals surface area contributed by atoms with Crippen LogP contribution in [0.1, 0.15) is 35.5 Å². The highest BCUT2D eigenvalue weighted by molar-refractivity contribution is 5.93. The highest BCUT2D eigenvalue weighted by Gasteiger charge is 2.13. The van der Waals surface area contributed by atoms with Crippen molar-refractivity contribution in [1.82, 2.24) is 15.3 Å². The Kier molecular flexibility index (Phi) is 5.81. The van der Waals surface area contributed by atoms with Gasteiger partial charge >= 0.3 is 0 Å². The van der Waals surface area contributed by atoms with Crippen LogP contribution in [0.25, 0.3) is 11.4 Å². The summed E-state index contributed by atoms with van der Waals surface area (Å²) in [5.41, 5.74) is 3.44. The lowest BCUT2D eigenvalue weighted by Crippen LogP contribution is -2.24. The Hall–Kier alpha value is -3.21. The van der Waals surface area contributed by atoms with Gasteiger partial charge in [0, 0.05) is 24.2 Å². The van der Waals surface area contributed by atoms with Crippen molar-refractivity contribution in [3.8, 4) is 11.4 Å². The van der Waals surface area contributed by atoms with Crippen molar-refractivity contribution < 1.29 is 4.79 Å². The highest BCUT2D eigenvalue weighted by Crippen LogP contribution is 2.18. The summed E-state index contributed by atoms with van der Waals surface area (Å²) < 4.78 is 0. The molecule has 138 valence electrons. The molecule has 0 bridgehead atoms. The Balaban J connectivity index is 1.85. The van der Waals surface area contributed by atoms with E-state index in [1.807, 2.05) is 69.3 Å². The number of rotatable bonds is 6. The van der Waals surface area contributed by atoms with Gasteiger partial charge in [-0.2, -0.15) is 0 Å². The molecule has 0 fully saturated rings. The van der Waals surface area contributed by atoms with Gasteiger partial charge in [0.2, 0.25) is 0 Å². The van der Waals surface area contributed by atoms with Crippen molar-refractivity contribution in [2.75, 3.05) is 5.32 Å². The average Bonchev–Trinajstić information content (AvgIpc) is 2.66. The van der Waals surface area contributed by atoms with Crippen molar-refractivity contribution in [1.29, 1.82) is 0 Å². The molecule has 27 heavy (non-hydrogen) atoms. The molecule has 0 saturated heterocycles. The quantitative estimate of drug-likeness (QED) is 0.691. The molecule has 0 atom stereocenters. The van der Waals surface area contributed by atoms with Crippen LogP contribution in [-0.4, -0.2) is 21.9 Å². The van der Waals surface area contributed by atoms with E-state index in [-0.39, 0.29) is 11.9 Å². The van der Waals surface area contributed by atoms with Gasteiger partial charge in [-0.25, -0.2) is 9.97 Å². The first kappa shape index (κ1) is 18.6. The van der Waals surface area contributed by atoms with Crippen LogP contribution >= 0.6 is 0 Å². The Morgan fingerprint density at radius 2 is 1.78 bits per heavy atom. The molecule has 1 aromatic heterocycles. The summed E-state index contributed by atoms with van der Waals surface area (Å²) in [6.45, 7) is 6.55. The fourth-order valence-electron chi connectivity index (χ4n) is 2.74. The standard InChI is InChI=1S/C22H24N4O/c1-15(2)24-20-13-19(25-21(26-20)18-10-5-4-6-11-18)22(27)23-14-17-9-7-8-16(3)12-17/h4-13,15H,14H2,1-3H3,(H,23,27)(H,24,25,26). The number of nitrogens with zero attached hydrogens (tertiary/aromatic N) is 2. The zero-order valence-corrected chi connectivity index (χ0v) is 15.9. The van der Waals surface area contributed by atoms with Gasteiger partial charge in [0.1, 0.15) is 11.5 Å². The third-order valence-electron chi connectivity index (χ3n) is 3.96. The number of aryl methyl sites for hydroxylation is 1. The van der Waals surface area contributed by atoms with Crippen LogP contribution in [0.4, 0.5) is 5.82 Å². The van der Waals surface area contributed by atoms with Gasteiger partial charge in [-0.05, 0) is 26.3 Å². The van der Waals surface area contributed by atoms with E-state index in [2.05, 4.69) is 26.7 Å². The van der Waals surface area contributed by atoms with Gasteiger partial charge in [-0.3, -0.25) is 4.79 Å². The van der Waals surface area contributed by atoms with Crippen molar-refractivity contribution in [3.05, 3.63) is 77.5 Å². The number of carbonyl (C=O) groups excluding carboxylic acids is 1. The molecule has 0 aliphatic rings. The normalized spacial score (nSPS) is 10.7. The fraction of sp³-hybridized carbons (Fsp3) is 0.227. The number of hydrogen-bond acceptors (Lipinski definition) is 4. The molecule has 3 aromatic rings. The van der Waals surface area contributed by atoms with Gasteiger partial charge in [-0.15, -0.1) is 0 Å². The van der Waals surface area contributed by atoms with Crippen LogP contribution in [0.3, 0.4) is 0 Å². The summed E-state index contributed by atoms with van der Waals surface area (Å²) in [5, 5.41) is 6.21. The fourth-order valence-corrected chi connectivity index (χ4v) is 2.74. The number of aromatic nitrogens is 2. The van der Waals surface area contributed by atoms with E-state index in [1.54, 1.807) is 6.07 Å². The molecule has 5 heteroatoms. The highest BCUT2D eigenvalue weighted by atomic mass is 16.1. The zero-order chi connectivity index (χ0) is 19.2. The average molecular weight is 360 g/mol. The molecule has 2 N–H and O–H groups in total. The van der Waals surface area contributed by atoms with Crippen LogP contribution in [-0.2, 0) is 6.54 Å². The summed E-state index contributed by atoms with van der Waals surface area (Å²) in [4.78, 5) is 21.7. The number of nitrogens with one attached hydrogen (secondary N) is 2. The second-order valence-electron chi connectivity index (χ2n) is 6.80. The Bertz CT molecular complexity index is 923. The maximum atomic E-state index is 12.7. The van der Waals surface area contributed by atoms with E-state index in [9.17, 15) is 4.79 Å². The van der Waals surface area contributed by atoms with Crippen molar-refractivity contribution >= 4 is 11.7 Å². The minimum atomic E-state index is -0.220. The van der Waals surface area contributed by atoms with Crippen molar-refractivity contribution in [3.63, 3.8) is 0 Å². The lowest BCUT2D eigenvalue weighted by Gasteiger charge is -2.12. The molecule has 0 radical (unpaired) electrons. The summed E-state index contributed by atoms with van der Waals surface area (Å²) in [6.07, 6.45) is 0. The summed E-state index contributed by atoms with van der Waals surface area (Å²) in [6, 6.07) is 19.6. The number of benzene rings is 2. The maximum absolute atomic E-state index is 12.7. The first-order valence-electron chi connectivity index (χ1n) is 9.06. The molecule has 0 saturated carbocycles. The van der Waals surface area contributed by atoms with E-state index in [0.717, 1.165) is 11.1 Å². The zero-order valence-electron chi connectivity index (χ0n) is 15.9. The van der Waals surface area contributed by atoms with Crippen LogP contribution in [0.2, 0.25) is 0 Å². The molecule has 2 aromatic carbocycles. The lowest BCUT2D eigenvalue weighted by atomic mass is 10.1. The molecular weight excluding hydrogens is 336 g/mol. The third kappa shape index (κ3) is 5.14. The molecule has 0 aliphatic heterocycles. The largest absolute Gasteiger partial charge is 0.368 e. The van der Waals surface area contributed by atoms with E-state index < -0.39 is 0 Å². The predicted molar refractivity (Wildman–Crippen MR) is 109 cm³/mol. The van der Waals surface area contributed by atoms with Crippen molar-refractivity contribution in [2.24, 2.45) is 0 Å². The van der Waals surface area contributed by atoms with E-state index in [4.69, 9.17) is 0 Å². The number of carbonyl (C=O) groups is 1. The molecule has 3 rings (SSSR count). The monoisotopic (exact) mass is 360 g/mol. The van der Waals surface area contributed by atoms with E-state index >= 15 is 0 Å². The second kappa shape index (κ2) is 8.45. The predicted octanol–water partition coefficient (Wildman–Crippen LogP) is 4.20. The lowest BCUT2D eigenvalue weighted by molar-refractivity contribution is 0.0946. The number of amides is 1. The molecule has 1 amide bonds. The minimum Gasteiger partial charge on any atom is -0.368 e. The second-order valence-corrected chi connectivity index (χ2v) is 6.80. The van der Waals surface area contributed by atoms with Crippen LogP contribution < -0.4 is 10.6 Å². The summed E-state index contributed by atoms with van der Waals surface area (Å²) >= 11 is 0. The minimum absolute atomic E-state index is 0.201. The molecule has 0 spiro atoms. The first-order valence-corrected chi connectivity index (χ1v) is 9.06. The molecule has 0 aliphatic carbocycles. The Labute approximate surface area is 159 Å². The third-order valence-corrected chi connectivity index (χ3v) is 3.96. The number of anilines is 1. The summed E-state index contributed by atoms with van der Waals surface area (Å²) in [5.74, 6) is 0.949. The molecular formula is C22H24N4O. The SMILES string of the molecule is Cc1cccc(CNC(=O)c2cc(NC(C)C)nc(-c3ccccc3)n2)c1.